The molecular formula is C10H10O. The molecule has 1 aromatic carbocycles. The first kappa shape index (κ1) is 6.59. The van der Waals surface area contributed by atoms with Crippen LogP contribution in [0.15, 0.2) is 24.3 Å². The molecule has 11 heavy (non-hydrogen) atoms. The number of hydrogen-bond acceptors (Lipinski definition) is 1. The molecule has 1 nitrogen and oxygen atoms in total. The van der Waals surface area contributed by atoms with Gasteiger partial charge in [0.15, 0.2) is 0 Å². The van der Waals surface area contributed by atoms with Crippen molar-refractivity contribution < 1.29 is 4.79 Å². The highest BCUT2D eigenvalue weighted by Crippen LogP contribution is 2.30. The predicted molar refractivity (Wildman–Crippen MR) is 43.6 cm³/mol. The normalized spacial score (nSPS) is 21.3. The third kappa shape index (κ3) is 0.967. The number of aryl methyl sites for hydroxylation is 1. The van der Waals surface area contributed by atoms with Crippen LogP contribution in [0.3, 0.4) is 0 Å². The fraction of sp³-hybridized carbons (Fsp3) is 0.300. The van der Waals surface area contributed by atoms with Crippen molar-refractivity contribution in [2.75, 3.05) is 0 Å². The minimum Gasteiger partial charge on any atom is -0.303 e. The van der Waals surface area contributed by atoms with Crippen LogP contribution in [0.25, 0.3) is 0 Å². The van der Waals surface area contributed by atoms with Gasteiger partial charge in [0.25, 0.3) is 0 Å². The Hall–Kier alpha value is -1.11. The summed E-state index contributed by atoms with van der Waals surface area (Å²) >= 11 is 0. The van der Waals surface area contributed by atoms with E-state index in [9.17, 15) is 4.79 Å². The van der Waals surface area contributed by atoms with E-state index in [0.717, 1.165) is 19.1 Å². The number of carbonyl (C=O) groups excluding carboxylic acids is 1. The van der Waals surface area contributed by atoms with Crippen LogP contribution < -0.4 is 0 Å². The Kier molecular flexibility index (Phi) is 1.50. The van der Waals surface area contributed by atoms with Crippen molar-refractivity contribution in [1.82, 2.24) is 0 Å². The topological polar surface area (TPSA) is 17.1 Å². The number of fused-ring (bicyclic) bond motifs is 1. The Balaban J connectivity index is 2.46. The molecule has 0 aliphatic heterocycles. The maximum atomic E-state index is 10.6. The van der Waals surface area contributed by atoms with E-state index >= 15 is 0 Å². The van der Waals surface area contributed by atoms with E-state index in [0.29, 0.717) is 0 Å². The van der Waals surface area contributed by atoms with Crippen molar-refractivity contribution in [3.8, 4) is 0 Å². The third-order valence-electron chi connectivity index (χ3n) is 2.34. The van der Waals surface area contributed by atoms with Crippen LogP contribution in [0.4, 0.5) is 0 Å². The summed E-state index contributed by atoms with van der Waals surface area (Å²) in [5.41, 5.74) is 2.59. The molecule has 0 aromatic heterocycles. The lowest BCUT2D eigenvalue weighted by Crippen LogP contribution is -1.92. The molecule has 1 heteroatoms. The van der Waals surface area contributed by atoms with Crippen LogP contribution in [-0.2, 0) is 11.2 Å². The van der Waals surface area contributed by atoms with Gasteiger partial charge < -0.3 is 4.79 Å². The largest absolute Gasteiger partial charge is 0.303 e. The molecule has 0 saturated heterocycles. The van der Waals surface area contributed by atoms with Crippen LogP contribution in [0, 0.1) is 0 Å². The van der Waals surface area contributed by atoms with E-state index in [4.69, 9.17) is 0 Å². The average Bonchev–Trinajstić information content (AvgIpc) is 2.47. The molecule has 0 N–H and O–H groups in total. The molecular weight excluding hydrogens is 136 g/mol. The summed E-state index contributed by atoms with van der Waals surface area (Å²) in [5, 5.41) is 0. The van der Waals surface area contributed by atoms with E-state index in [1.54, 1.807) is 0 Å². The first-order valence-corrected chi connectivity index (χ1v) is 3.95. The van der Waals surface area contributed by atoms with Gasteiger partial charge in [-0.1, -0.05) is 24.3 Å². The molecule has 2 rings (SSSR count). The Morgan fingerprint density at radius 2 is 2.18 bits per heavy atom. The fourth-order valence-corrected chi connectivity index (χ4v) is 1.73. The molecule has 1 aliphatic rings. The number of aldehydes is 1. The Labute approximate surface area is 66.0 Å². The van der Waals surface area contributed by atoms with Crippen LogP contribution in [0.5, 0.6) is 0 Å². The van der Waals surface area contributed by atoms with Crippen molar-refractivity contribution in [2.45, 2.75) is 18.8 Å². The molecule has 0 radical (unpaired) electrons. The average molecular weight is 146 g/mol. The molecule has 1 atom stereocenters. The molecule has 1 aromatic rings. The summed E-state index contributed by atoms with van der Waals surface area (Å²) in [6.07, 6.45) is 3.13. The molecule has 0 fully saturated rings. The van der Waals surface area contributed by atoms with E-state index in [1.165, 1.54) is 11.1 Å². The van der Waals surface area contributed by atoms with Crippen molar-refractivity contribution >= 4 is 6.29 Å². The minimum atomic E-state index is 0.172. The summed E-state index contributed by atoms with van der Waals surface area (Å²) in [7, 11) is 0. The van der Waals surface area contributed by atoms with Gasteiger partial charge in [-0.25, -0.2) is 0 Å². The van der Waals surface area contributed by atoms with Crippen molar-refractivity contribution in [2.24, 2.45) is 0 Å². The zero-order valence-electron chi connectivity index (χ0n) is 6.29. The van der Waals surface area contributed by atoms with E-state index in [-0.39, 0.29) is 5.92 Å². The van der Waals surface area contributed by atoms with Gasteiger partial charge in [-0.3, -0.25) is 0 Å². The summed E-state index contributed by atoms with van der Waals surface area (Å²) in [6.45, 7) is 0. The zero-order valence-corrected chi connectivity index (χ0v) is 6.29. The lowest BCUT2D eigenvalue weighted by Gasteiger charge is -2.00. The van der Waals surface area contributed by atoms with Gasteiger partial charge in [0.05, 0.1) is 0 Å². The van der Waals surface area contributed by atoms with Crippen molar-refractivity contribution in [3.05, 3.63) is 35.4 Å². The zero-order chi connectivity index (χ0) is 7.68. The molecule has 1 unspecified atom stereocenters. The van der Waals surface area contributed by atoms with Gasteiger partial charge in [0.1, 0.15) is 6.29 Å². The number of carbonyl (C=O) groups is 1. The highest BCUT2D eigenvalue weighted by molar-refractivity contribution is 5.65. The Morgan fingerprint density at radius 3 is 3.00 bits per heavy atom. The first-order valence-electron chi connectivity index (χ1n) is 3.95. The highest BCUT2D eigenvalue weighted by atomic mass is 16.1. The van der Waals surface area contributed by atoms with E-state index < -0.39 is 0 Å². The number of rotatable bonds is 1. The maximum absolute atomic E-state index is 10.6. The summed E-state index contributed by atoms with van der Waals surface area (Å²) < 4.78 is 0. The molecule has 0 bridgehead atoms. The summed E-state index contributed by atoms with van der Waals surface area (Å²) in [5.74, 6) is 0.172. The Morgan fingerprint density at radius 1 is 1.36 bits per heavy atom. The first-order chi connectivity index (χ1) is 5.42. The number of hydrogen-bond donors (Lipinski definition) is 0. The van der Waals surface area contributed by atoms with Crippen LogP contribution in [0.2, 0.25) is 0 Å². The highest BCUT2D eigenvalue weighted by Gasteiger charge is 2.20. The van der Waals surface area contributed by atoms with Gasteiger partial charge >= 0.3 is 0 Å². The van der Waals surface area contributed by atoms with Gasteiger partial charge in [-0.15, -0.1) is 0 Å². The lowest BCUT2D eigenvalue weighted by atomic mass is 10.0. The number of benzene rings is 1. The predicted octanol–water partition coefficient (Wildman–Crippen LogP) is 1.92. The van der Waals surface area contributed by atoms with E-state index in [1.807, 2.05) is 12.1 Å². The second-order valence-corrected chi connectivity index (χ2v) is 2.98. The molecule has 56 valence electrons. The van der Waals surface area contributed by atoms with Crippen LogP contribution in [0.1, 0.15) is 23.5 Å². The smallest absolute Gasteiger partial charge is 0.127 e. The summed E-state index contributed by atoms with van der Waals surface area (Å²) in [4.78, 5) is 10.6. The van der Waals surface area contributed by atoms with Gasteiger partial charge in [0.2, 0.25) is 0 Å². The second kappa shape index (κ2) is 2.50. The third-order valence-corrected chi connectivity index (χ3v) is 2.34. The standard InChI is InChI=1S/C10H10O/c11-7-9-6-5-8-3-1-2-4-10(8)9/h1-4,7,9H,5-6H2. The fourth-order valence-electron chi connectivity index (χ4n) is 1.73. The molecule has 1 aliphatic carbocycles. The van der Waals surface area contributed by atoms with Gasteiger partial charge in [0, 0.05) is 5.92 Å². The lowest BCUT2D eigenvalue weighted by molar-refractivity contribution is -0.109. The molecule has 0 amide bonds. The van der Waals surface area contributed by atoms with E-state index in [2.05, 4.69) is 12.1 Å². The minimum absolute atomic E-state index is 0.172. The Bertz CT molecular complexity index is 278. The maximum Gasteiger partial charge on any atom is 0.127 e. The van der Waals surface area contributed by atoms with Crippen molar-refractivity contribution in [3.63, 3.8) is 0 Å². The quantitative estimate of drug-likeness (QED) is 0.553. The second-order valence-electron chi connectivity index (χ2n) is 2.98. The van der Waals surface area contributed by atoms with Gasteiger partial charge in [-0.05, 0) is 24.0 Å². The molecule has 0 saturated carbocycles. The van der Waals surface area contributed by atoms with Gasteiger partial charge in [-0.2, -0.15) is 0 Å². The molecule has 0 spiro atoms. The van der Waals surface area contributed by atoms with Crippen LogP contribution in [-0.4, -0.2) is 6.29 Å². The van der Waals surface area contributed by atoms with Crippen LogP contribution >= 0.6 is 0 Å². The summed E-state index contributed by atoms with van der Waals surface area (Å²) in [6, 6.07) is 8.20. The monoisotopic (exact) mass is 146 g/mol. The van der Waals surface area contributed by atoms with Crippen molar-refractivity contribution in [1.29, 1.82) is 0 Å². The SMILES string of the molecule is O=CC1CCc2ccccc21. The molecule has 0 heterocycles.